The van der Waals surface area contributed by atoms with Gasteiger partial charge in [0.1, 0.15) is 12.1 Å². The van der Waals surface area contributed by atoms with Gasteiger partial charge in [0.2, 0.25) is 5.95 Å². The summed E-state index contributed by atoms with van der Waals surface area (Å²) in [5.41, 5.74) is 0.878. The van der Waals surface area contributed by atoms with Gasteiger partial charge in [-0.2, -0.15) is 18.2 Å². The van der Waals surface area contributed by atoms with Crippen LogP contribution in [0.5, 0.6) is 0 Å². The molecule has 12 heteroatoms. The number of nitrogens with one attached hydrogen (secondary N) is 2. The van der Waals surface area contributed by atoms with Crippen molar-refractivity contribution in [2.45, 2.75) is 13.1 Å². The van der Waals surface area contributed by atoms with E-state index in [1.54, 1.807) is 72.9 Å². The van der Waals surface area contributed by atoms with Crippen molar-refractivity contribution in [2.24, 2.45) is 0 Å². The van der Waals surface area contributed by atoms with Crippen molar-refractivity contribution >= 4 is 23.2 Å². The number of aryl methyl sites for hydroxylation is 1. The second-order valence-corrected chi connectivity index (χ2v) is 8.05. The maximum absolute atomic E-state index is 13.5. The highest BCUT2D eigenvalue weighted by Gasteiger charge is 2.31. The van der Waals surface area contributed by atoms with Crippen LogP contribution in [0, 0.1) is 6.92 Å². The zero-order valence-electron chi connectivity index (χ0n) is 19.3. The number of carbonyl (C=O) groups is 1. The first-order chi connectivity index (χ1) is 17.7. The molecule has 3 heterocycles. The molecule has 0 unspecified atom stereocenters. The number of anilines is 3. The molecule has 3 aromatic heterocycles. The Kier molecular flexibility index (Phi) is 6.14. The molecule has 0 fully saturated rings. The van der Waals surface area contributed by atoms with E-state index in [0.717, 1.165) is 12.1 Å². The van der Waals surface area contributed by atoms with Gasteiger partial charge in [0, 0.05) is 47.4 Å². The standard InChI is InChI=1S/C25H19F3N8O/c1-16-13-36(15-31-16)21-11-18(25(26,27)28)10-20(12-21)32-23(37)17-2-4-19(5-3-17)33-24-30-7-6-22(34-24)35-9-8-29-14-35/h2-15H,1H3,(H,32,37)(H,30,33,34). The molecule has 0 saturated heterocycles. The van der Waals surface area contributed by atoms with Crippen LogP contribution in [0.2, 0.25) is 0 Å². The van der Waals surface area contributed by atoms with Crippen molar-refractivity contribution in [3.63, 3.8) is 0 Å². The normalized spacial score (nSPS) is 11.4. The number of halogens is 3. The van der Waals surface area contributed by atoms with Gasteiger partial charge in [0.25, 0.3) is 5.91 Å². The van der Waals surface area contributed by atoms with Gasteiger partial charge in [-0.15, -0.1) is 0 Å². The summed E-state index contributed by atoms with van der Waals surface area (Å²) >= 11 is 0. The smallest absolute Gasteiger partial charge is 0.324 e. The minimum absolute atomic E-state index is 0.00750. The van der Waals surface area contributed by atoms with E-state index in [2.05, 4.69) is 30.6 Å². The van der Waals surface area contributed by atoms with E-state index in [1.807, 2.05) is 0 Å². The summed E-state index contributed by atoms with van der Waals surface area (Å²) in [6.07, 6.45) is 5.03. The number of nitrogens with zero attached hydrogens (tertiary/aromatic N) is 6. The molecule has 2 aromatic carbocycles. The predicted molar refractivity (Wildman–Crippen MR) is 130 cm³/mol. The fraction of sp³-hybridized carbons (Fsp3) is 0.0800. The topological polar surface area (TPSA) is 103 Å². The molecule has 0 saturated carbocycles. The van der Waals surface area contributed by atoms with Crippen LogP contribution in [-0.2, 0) is 6.18 Å². The minimum atomic E-state index is -4.59. The van der Waals surface area contributed by atoms with Crippen molar-refractivity contribution < 1.29 is 18.0 Å². The number of aromatic nitrogens is 6. The van der Waals surface area contributed by atoms with Crippen molar-refractivity contribution in [1.29, 1.82) is 0 Å². The number of imidazole rings is 2. The number of hydrogen-bond acceptors (Lipinski definition) is 6. The van der Waals surface area contributed by atoms with Crippen LogP contribution >= 0.6 is 0 Å². The molecule has 0 spiro atoms. The number of rotatable bonds is 6. The van der Waals surface area contributed by atoms with Gasteiger partial charge in [0.15, 0.2) is 0 Å². The lowest BCUT2D eigenvalue weighted by Gasteiger charge is -2.14. The second kappa shape index (κ2) is 9.57. The van der Waals surface area contributed by atoms with Crippen LogP contribution in [0.3, 0.4) is 0 Å². The summed E-state index contributed by atoms with van der Waals surface area (Å²) in [5, 5.41) is 5.61. The maximum atomic E-state index is 13.5. The van der Waals surface area contributed by atoms with E-state index in [4.69, 9.17) is 0 Å². The molecule has 9 nitrogen and oxygen atoms in total. The van der Waals surface area contributed by atoms with Crippen molar-refractivity contribution in [1.82, 2.24) is 29.1 Å². The van der Waals surface area contributed by atoms with E-state index in [1.165, 1.54) is 17.0 Å². The molecular formula is C25H19F3N8O. The Bertz CT molecular complexity index is 1540. The molecule has 0 bridgehead atoms. The van der Waals surface area contributed by atoms with Crippen LogP contribution in [0.4, 0.5) is 30.5 Å². The highest BCUT2D eigenvalue weighted by Crippen LogP contribution is 2.33. The highest BCUT2D eigenvalue weighted by molar-refractivity contribution is 6.04. The zero-order chi connectivity index (χ0) is 26.0. The molecule has 0 atom stereocenters. The van der Waals surface area contributed by atoms with E-state index >= 15 is 0 Å². The van der Waals surface area contributed by atoms with Crippen LogP contribution in [0.25, 0.3) is 11.5 Å². The molecule has 0 aliphatic heterocycles. The lowest BCUT2D eigenvalue weighted by molar-refractivity contribution is -0.137. The fourth-order valence-electron chi connectivity index (χ4n) is 3.54. The first kappa shape index (κ1) is 23.7. The second-order valence-electron chi connectivity index (χ2n) is 8.05. The summed E-state index contributed by atoms with van der Waals surface area (Å²) in [5.74, 6) is 0.406. The molecule has 2 N–H and O–H groups in total. The minimum Gasteiger partial charge on any atom is -0.324 e. The summed E-state index contributed by atoms with van der Waals surface area (Å²) < 4.78 is 43.7. The van der Waals surface area contributed by atoms with Gasteiger partial charge < -0.3 is 15.2 Å². The Morgan fingerprint density at radius 1 is 0.919 bits per heavy atom. The monoisotopic (exact) mass is 504 g/mol. The van der Waals surface area contributed by atoms with E-state index in [9.17, 15) is 18.0 Å². The summed E-state index contributed by atoms with van der Waals surface area (Å²) in [6.45, 7) is 1.73. The molecule has 0 aliphatic rings. The molecular weight excluding hydrogens is 485 g/mol. The Hall–Kier alpha value is -5.00. The average Bonchev–Trinajstić information content (AvgIpc) is 3.56. The molecule has 37 heavy (non-hydrogen) atoms. The molecule has 1 amide bonds. The van der Waals surface area contributed by atoms with Crippen LogP contribution in [0.1, 0.15) is 21.6 Å². The van der Waals surface area contributed by atoms with Crippen molar-refractivity contribution in [3.8, 4) is 11.5 Å². The summed E-state index contributed by atoms with van der Waals surface area (Å²) in [4.78, 5) is 29.4. The largest absolute Gasteiger partial charge is 0.416 e. The molecule has 5 rings (SSSR count). The van der Waals surface area contributed by atoms with Crippen LogP contribution < -0.4 is 10.6 Å². The number of hydrogen-bond donors (Lipinski definition) is 2. The number of benzene rings is 2. The third-order valence-corrected chi connectivity index (χ3v) is 5.33. The van der Waals surface area contributed by atoms with Crippen molar-refractivity contribution in [2.75, 3.05) is 10.6 Å². The number of amides is 1. The number of carbonyl (C=O) groups excluding carboxylic acids is 1. The quantitative estimate of drug-likeness (QED) is 0.331. The van der Waals surface area contributed by atoms with Gasteiger partial charge in [-0.25, -0.2) is 15.0 Å². The first-order valence-corrected chi connectivity index (χ1v) is 11.0. The summed E-state index contributed by atoms with van der Waals surface area (Å²) in [6, 6.07) is 11.5. The third-order valence-electron chi connectivity index (χ3n) is 5.33. The molecule has 5 aromatic rings. The lowest BCUT2D eigenvalue weighted by atomic mass is 10.1. The van der Waals surface area contributed by atoms with Gasteiger partial charge in [-0.1, -0.05) is 0 Å². The zero-order valence-corrected chi connectivity index (χ0v) is 19.3. The molecule has 0 radical (unpaired) electrons. The molecule has 0 aliphatic carbocycles. The van der Waals surface area contributed by atoms with Gasteiger partial charge in [-0.05, 0) is 55.5 Å². The number of alkyl halides is 3. The Labute approximate surface area is 208 Å². The average molecular weight is 504 g/mol. The Morgan fingerprint density at radius 2 is 1.73 bits per heavy atom. The van der Waals surface area contributed by atoms with E-state index in [-0.39, 0.29) is 16.9 Å². The lowest BCUT2D eigenvalue weighted by Crippen LogP contribution is -2.14. The Morgan fingerprint density at radius 3 is 2.41 bits per heavy atom. The Balaban J connectivity index is 1.33. The first-order valence-electron chi connectivity index (χ1n) is 11.0. The van der Waals surface area contributed by atoms with Crippen LogP contribution in [0.15, 0.2) is 86.0 Å². The van der Waals surface area contributed by atoms with E-state index < -0.39 is 17.6 Å². The van der Waals surface area contributed by atoms with Crippen molar-refractivity contribution in [3.05, 3.63) is 103 Å². The maximum Gasteiger partial charge on any atom is 0.416 e. The SMILES string of the molecule is Cc1cn(-c2cc(NC(=O)c3ccc(Nc4nccc(-n5ccnc5)n4)cc3)cc(C(F)(F)F)c2)cn1. The van der Waals surface area contributed by atoms with Crippen LogP contribution in [-0.4, -0.2) is 35.0 Å². The summed E-state index contributed by atoms with van der Waals surface area (Å²) in [7, 11) is 0. The van der Waals surface area contributed by atoms with Gasteiger partial charge in [0.05, 0.1) is 17.6 Å². The highest BCUT2D eigenvalue weighted by atomic mass is 19.4. The molecule has 186 valence electrons. The fourth-order valence-corrected chi connectivity index (χ4v) is 3.54. The van der Waals surface area contributed by atoms with Gasteiger partial charge in [-0.3, -0.25) is 9.36 Å². The van der Waals surface area contributed by atoms with E-state index in [0.29, 0.717) is 23.1 Å². The predicted octanol–water partition coefficient (Wildman–Crippen LogP) is 5.17. The van der Waals surface area contributed by atoms with Gasteiger partial charge >= 0.3 is 6.18 Å². The third kappa shape index (κ3) is 5.48.